The molecule has 462 valence electrons. The number of fused-ring (bicyclic) bond motifs is 1. The van der Waals surface area contributed by atoms with Crippen LogP contribution in [0.1, 0.15) is 57.5 Å². The minimum Gasteiger partial charge on any atom is -0.484 e. The van der Waals surface area contributed by atoms with Crippen LogP contribution in [0.25, 0.3) is 36.5 Å². The van der Waals surface area contributed by atoms with Crippen LogP contribution >= 0.6 is 11.8 Å². The highest BCUT2D eigenvalue weighted by molar-refractivity contribution is 8.00. The fourth-order valence-corrected chi connectivity index (χ4v) is 10.5. The van der Waals surface area contributed by atoms with Gasteiger partial charge in [0.1, 0.15) is 22.9 Å². The molecule has 9 aromatic rings. The van der Waals surface area contributed by atoms with Crippen LogP contribution in [0, 0.1) is 0 Å². The lowest BCUT2D eigenvalue weighted by Gasteiger charge is -2.49. The second-order valence-corrected chi connectivity index (χ2v) is 21.8. The number of hydrogen-bond donors (Lipinski definition) is 1. The fourth-order valence-electron chi connectivity index (χ4n) is 9.21. The number of hydrogen-bond acceptors (Lipinski definition) is 9. The number of carbonyl (C=O) groups excluding carboxylic acids is 6. The number of ketones is 3. The first-order valence-electron chi connectivity index (χ1n) is 30.2. The maximum absolute atomic E-state index is 13.7. The van der Waals surface area contributed by atoms with E-state index < -0.39 is 29.4 Å². The molecule has 0 aromatic heterocycles. The molecule has 2 amide bonds. The van der Waals surface area contributed by atoms with Crippen LogP contribution in [0.3, 0.4) is 0 Å². The number of carbonyl (C=O) groups is 6. The lowest BCUT2D eigenvalue weighted by atomic mass is 10.0. The van der Waals surface area contributed by atoms with Crippen LogP contribution in [0.4, 0.5) is 0 Å². The monoisotopic (exact) mass is 1240 g/mol. The van der Waals surface area contributed by atoms with E-state index in [4.69, 9.17) is 9.47 Å². The summed E-state index contributed by atoms with van der Waals surface area (Å²) in [6.45, 7) is 1.65. The number of nitrogens with one attached hydrogen (secondary N) is 1. The average Bonchev–Trinajstić information content (AvgIpc) is 0.737. The van der Waals surface area contributed by atoms with Gasteiger partial charge in [0, 0.05) is 5.75 Å². The number of rotatable bonds is 21. The van der Waals surface area contributed by atoms with E-state index in [-0.39, 0.29) is 35.6 Å². The molecule has 1 unspecified atom stereocenters. The summed E-state index contributed by atoms with van der Waals surface area (Å²) in [4.78, 5) is 75.9. The van der Waals surface area contributed by atoms with Gasteiger partial charge in [0.25, 0.3) is 11.8 Å². The van der Waals surface area contributed by atoms with Gasteiger partial charge in [-0.15, -0.1) is 11.8 Å². The van der Waals surface area contributed by atoms with Gasteiger partial charge < -0.3 is 14.8 Å². The Kier molecular flexibility index (Phi) is 27.2. The number of para-hydroxylation sites is 1. The molecule has 0 bridgehead atoms. The van der Waals surface area contributed by atoms with Gasteiger partial charge in [-0.3, -0.25) is 28.9 Å². The molecule has 0 radical (unpaired) electrons. The maximum atomic E-state index is 13.7. The van der Waals surface area contributed by atoms with Crippen LogP contribution < -0.4 is 10.1 Å². The summed E-state index contributed by atoms with van der Waals surface area (Å²) >= 11 is 1.49. The zero-order valence-electron chi connectivity index (χ0n) is 51.3. The van der Waals surface area contributed by atoms with Crippen LogP contribution in [0.15, 0.2) is 333 Å². The number of nitrogens with zero attached hydrogens (tertiary/aromatic N) is 1. The van der Waals surface area contributed by atoms with Gasteiger partial charge in [-0.25, -0.2) is 4.79 Å². The molecule has 1 saturated heterocycles. The van der Waals surface area contributed by atoms with Crippen molar-refractivity contribution in [2.24, 2.45) is 0 Å². The second-order valence-electron chi connectivity index (χ2n) is 20.7. The highest BCUT2D eigenvalue weighted by Gasteiger charge is 2.54. The molecule has 11 heteroatoms. The summed E-state index contributed by atoms with van der Waals surface area (Å²) in [5.41, 5.74) is 8.73. The molecular formula is C82H70N2O8S. The molecule has 2 atom stereocenters. The van der Waals surface area contributed by atoms with Crippen molar-refractivity contribution >= 4 is 83.4 Å². The summed E-state index contributed by atoms with van der Waals surface area (Å²) < 4.78 is 11.6. The van der Waals surface area contributed by atoms with Gasteiger partial charge in [-0.05, 0) is 106 Å². The van der Waals surface area contributed by atoms with Crippen molar-refractivity contribution in [1.29, 1.82) is 0 Å². The second kappa shape index (κ2) is 37.5. The Balaban J connectivity index is 0.000000173. The highest BCUT2D eigenvalue weighted by atomic mass is 32.2. The minimum absolute atomic E-state index is 0.0114. The van der Waals surface area contributed by atoms with Gasteiger partial charge in [-0.1, -0.05) is 309 Å². The Morgan fingerprint density at radius 3 is 1.05 bits per heavy atom. The maximum Gasteiger partial charge on any atom is 0.356 e. The van der Waals surface area contributed by atoms with Gasteiger partial charge in [0.15, 0.2) is 30.1 Å². The lowest BCUT2D eigenvalue weighted by Crippen LogP contribution is -2.70. The van der Waals surface area contributed by atoms with E-state index >= 15 is 0 Å². The molecule has 0 aliphatic carbocycles. The molecule has 9 aromatic carbocycles. The molecule has 2 aliphatic rings. The largest absolute Gasteiger partial charge is 0.484 e. The Morgan fingerprint density at radius 1 is 0.441 bits per heavy atom. The van der Waals surface area contributed by atoms with Crippen molar-refractivity contribution in [3.05, 3.63) is 377 Å². The van der Waals surface area contributed by atoms with Crippen LogP contribution in [0.5, 0.6) is 5.75 Å². The van der Waals surface area contributed by atoms with Crippen molar-refractivity contribution in [1.82, 2.24) is 10.2 Å². The average molecular weight is 1240 g/mol. The number of amides is 2. The lowest BCUT2D eigenvalue weighted by molar-refractivity contribution is -0.154. The first-order valence-corrected chi connectivity index (χ1v) is 31.2. The Morgan fingerprint density at radius 2 is 0.742 bits per heavy atom. The van der Waals surface area contributed by atoms with Crippen molar-refractivity contribution in [3.63, 3.8) is 0 Å². The van der Waals surface area contributed by atoms with Crippen molar-refractivity contribution in [2.45, 2.75) is 24.4 Å². The third-order valence-corrected chi connectivity index (χ3v) is 15.2. The van der Waals surface area contributed by atoms with Gasteiger partial charge in [0.05, 0.1) is 0 Å². The quantitative estimate of drug-likeness (QED) is 0.0424. The number of β-lactam (4-membered cyclic amide) rings is 1. The van der Waals surface area contributed by atoms with Gasteiger partial charge >= 0.3 is 5.97 Å². The zero-order chi connectivity index (χ0) is 65.1. The zero-order valence-corrected chi connectivity index (χ0v) is 52.1. The van der Waals surface area contributed by atoms with E-state index in [1.165, 1.54) is 16.7 Å². The highest BCUT2D eigenvalue weighted by Crippen LogP contribution is 2.42. The third-order valence-electron chi connectivity index (χ3n) is 13.9. The molecule has 2 aliphatic heterocycles. The molecule has 2 heterocycles. The van der Waals surface area contributed by atoms with E-state index in [0.717, 1.165) is 44.5 Å². The molecule has 1 fully saturated rings. The normalized spacial score (nSPS) is 14.2. The van der Waals surface area contributed by atoms with Crippen LogP contribution in [-0.2, 0) is 33.5 Å². The predicted molar refractivity (Wildman–Crippen MR) is 377 cm³/mol. The van der Waals surface area contributed by atoms with Crippen molar-refractivity contribution in [3.8, 4) is 5.75 Å². The molecule has 93 heavy (non-hydrogen) atoms. The fraction of sp³-hybridized carbons (Fsp3) is 0.0732. The van der Waals surface area contributed by atoms with E-state index in [0.29, 0.717) is 17.1 Å². The summed E-state index contributed by atoms with van der Waals surface area (Å²) in [6.07, 6.45) is 23.4. The minimum atomic E-state index is -0.754. The standard InChI is InChI=1S/C31H28N2O5S.3C17H14O/c1-2-12-23-20-39-30-26(32-25(34)19-37-24-17-10-5-11-18-24)29(35)33(30)27(23)31(36)38-28(21-13-6-3-7-14-21)22-15-8-4-9-16-22;3*18-17(13-11-15-7-3-1-4-8-15)14-12-16-9-5-2-6-10-16/h2-18,26,28,30H,19-20H2,1H3,(H,32,34);3*1-14H/b12-2-;;;/t26?,30-;;;/m1.../s1. The van der Waals surface area contributed by atoms with Crippen LogP contribution in [0.2, 0.25) is 0 Å². The Bertz CT molecular complexity index is 3630. The molecule has 11 rings (SSSR count). The summed E-state index contributed by atoms with van der Waals surface area (Å²) in [6, 6.07) is 85.9. The summed E-state index contributed by atoms with van der Waals surface area (Å²) in [7, 11) is 0. The number of ether oxygens (including phenoxy) is 2. The number of allylic oxidation sites excluding steroid dienone is 8. The van der Waals surface area contributed by atoms with E-state index in [1.807, 2.05) is 316 Å². The van der Waals surface area contributed by atoms with E-state index in [2.05, 4.69) is 5.32 Å². The summed E-state index contributed by atoms with van der Waals surface area (Å²) in [5, 5.41) is 2.35. The first-order chi connectivity index (χ1) is 45.6. The molecular weight excluding hydrogens is 1170 g/mol. The summed E-state index contributed by atoms with van der Waals surface area (Å²) in [5.74, 6) is -0.318. The third kappa shape index (κ3) is 22.8. The van der Waals surface area contributed by atoms with Crippen molar-refractivity contribution in [2.75, 3.05) is 12.4 Å². The number of thioether (sulfide) groups is 1. The number of esters is 1. The molecule has 0 saturated carbocycles. The van der Waals surface area contributed by atoms with Crippen LogP contribution in [-0.4, -0.2) is 63.8 Å². The van der Waals surface area contributed by atoms with E-state index in [9.17, 15) is 28.8 Å². The van der Waals surface area contributed by atoms with Gasteiger partial charge in [-0.2, -0.15) is 0 Å². The molecule has 1 N–H and O–H groups in total. The predicted octanol–water partition coefficient (Wildman–Crippen LogP) is 16.6. The van der Waals surface area contributed by atoms with Gasteiger partial charge in [0.2, 0.25) is 0 Å². The van der Waals surface area contributed by atoms with Crippen molar-refractivity contribution < 1.29 is 38.2 Å². The topological polar surface area (TPSA) is 136 Å². The first kappa shape index (κ1) is 67.4. The molecule has 10 nitrogen and oxygen atoms in total. The number of benzene rings is 9. The molecule has 0 spiro atoms. The smallest absolute Gasteiger partial charge is 0.356 e. The Hall–Kier alpha value is -11.5. The SMILES string of the molecule is C/C=C\C1=C(C(=O)OC(c2ccccc2)c2ccccc2)N2C(=O)C(NC(=O)COc3ccccc3)[C@H]2SC1.O=C(C=Cc1ccccc1)C=Cc1ccccc1.O=C(C=Cc1ccccc1)C=Cc1ccccc1.O=C(C=Cc1ccccc1)C=Cc1ccccc1. The van der Waals surface area contributed by atoms with E-state index in [1.54, 1.807) is 48.6 Å². The Labute approximate surface area is 548 Å².